The molecular formula is C22H20N2O4S. The maximum absolute atomic E-state index is 13.4. The Kier molecular flexibility index (Phi) is 4.35. The number of rotatable bonds is 2. The zero-order valence-corrected chi connectivity index (χ0v) is 16.6. The molecule has 2 aromatic carbocycles. The quantitative estimate of drug-likeness (QED) is 0.716. The monoisotopic (exact) mass is 408 g/mol. The van der Waals surface area contributed by atoms with Gasteiger partial charge in [-0.15, -0.1) is 0 Å². The van der Waals surface area contributed by atoms with Gasteiger partial charge in [-0.25, -0.2) is 4.21 Å². The molecule has 148 valence electrons. The Labute approximate surface area is 170 Å². The van der Waals surface area contributed by atoms with Gasteiger partial charge in [0.25, 0.3) is 5.91 Å². The number of hydrogen-bond donors (Lipinski definition) is 0. The lowest BCUT2D eigenvalue weighted by Crippen LogP contribution is -2.42. The van der Waals surface area contributed by atoms with Crippen molar-refractivity contribution in [2.45, 2.75) is 35.5 Å². The largest absolute Gasteiger partial charge is 0.277 e. The molecule has 3 aliphatic rings. The highest BCUT2D eigenvalue weighted by atomic mass is 32.2. The lowest BCUT2D eigenvalue weighted by atomic mass is 9.81. The fourth-order valence-corrected chi connectivity index (χ4v) is 6.05. The second-order valence-corrected chi connectivity index (χ2v) is 9.11. The Morgan fingerprint density at radius 1 is 0.862 bits per heavy atom. The van der Waals surface area contributed by atoms with E-state index in [4.69, 9.17) is 0 Å². The van der Waals surface area contributed by atoms with Crippen LogP contribution in [0.15, 0.2) is 58.3 Å². The normalized spacial score (nSPS) is 23.6. The van der Waals surface area contributed by atoms with Gasteiger partial charge in [-0.3, -0.25) is 24.2 Å². The van der Waals surface area contributed by atoms with Gasteiger partial charge in [0.1, 0.15) is 6.54 Å². The predicted octanol–water partition coefficient (Wildman–Crippen LogP) is 3.01. The average molecular weight is 408 g/mol. The van der Waals surface area contributed by atoms with Gasteiger partial charge in [0.2, 0.25) is 11.8 Å². The summed E-state index contributed by atoms with van der Waals surface area (Å²) in [6, 6.07) is 14.1. The molecule has 29 heavy (non-hydrogen) atoms. The van der Waals surface area contributed by atoms with Gasteiger partial charge in [0.15, 0.2) is 0 Å². The third-order valence-corrected chi connectivity index (χ3v) is 7.58. The van der Waals surface area contributed by atoms with Crippen molar-refractivity contribution in [2.75, 3.05) is 11.4 Å². The lowest BCUT2D eigenvalue weighted by Gasteiger charge is -2.31. The molecule has 2 heterocycles. The maximum Gasteiger partial charge on any atom is 0.251 e. The minimum absolute atomic E-state index is 0.227. The molecule has 0 N–H and O–H groups in total. The summed E-state index contributed by atoms with van der Waals surface area (Å²) in [4.78, 5) is 42.7. The Bertz CT molecular complexity index is 993. The van der Waals surface area contributed by atoms with E-state index in [1.165, 1.54) is 4.90 Å². The fourth-order valence-electron chi connectivity index (χ4n) is 4.71. The van der Waals surface area contributed by atoms with Gasteiger partial charge in [-0.05, 0) is 37.1 Å². The van der Waals surface area contributed by atoms with E-state index in [1.54, 1.807) is 48.5 Å². The van der Waals surface area contributed by atoms with Crippen LogP contribution in [0, 0.1) is 11.8 Å². The number of hydrogen-bond acceptors (Lipinski definition) is 4. The summed E-state index contributed by atoms with van der Waals surface area (Å²) in [6.45, 7) is -0.292. The summed E-state index contributed by atoms with van der Waals surface area (Å²) in [5.41, 5.74) is 1.07. The van der Waals surface area contributed by atoms with E-state index in [0.717, 1.165) is 17.7 Å². The van der Waals surface area contributed by atoms with Gasteiger partial charge in [0, 0.05) is 0 Å². The molecule has 0 spiro atoms. The van der Waals surface area contributed by atoms with Crippen LogP contribution in [0.1, 0.15) is 25.7 Å². The third kappa shape index (κ3) is 2.75. The van der Waals surface area contributed by atoms with Gasteiger partial charge >= 0.3 is 0 Å². The van der Waals surface area contributed by atoms with Crippen molar-refractivity contribution in [1.29, 1.82) is 0 Å². The highest BCUT2D eigenvalue weighted by Crippen LogP contribution is 2.42. The van der Waals surface area contributed by atoms with Crippen LogP contribution in [-0.4, -0.2) is 33.4 Å². The van der Waals surface area contributed by atoms with E-state index in [-0.39, 0.29) is 36.1 Å². The number of carbonyl (C=O) groups is 3. The second-order valence-electron chi connectivity index (χ2n) is 7.69. The SMILES string of the molecule is O=C1C2CCCCC2C(=O)N1CC(=O)N1c2ccccc2S(=O)c2ccccc21. The first kappa shape index (κ1) is 18.2. The molecule has 1 saturated heterocycles. The predicted molar refractivity (Wildman–Crippen MR) is 107 cm³/mol. The molecule has 5 rings (SSSR count). The molecular weight excluding hydrogens is 388 g/mol. The number of carbonyl (C=O) groups excluding carboxylic acids is 3. The fraction of sp³-hybridized carbons (Fsp3) is 0.318. The van der Waals surface area contributed by atoms with E-state index < -0.39 is 10.8 Å². The molecule has 7 heteroatoms. The van der Waals surface area contributed by atoms with Gasteiger partial charge < -0.3 is 0 Å². The van der Waals surface area contributed by atoms with Gasteiger partial charge in [-0.2, -0.15) is 0 Å². The maximum atomic E-state index is 13.4. The summed E-state index contributed by atoms with van der Waals surface area (Å²) in [5, 5.41) is 0. The summed E-state index contributed by atoms with van der Waals surface area (Å²) < 4.78 is 12.9. The molecule has 0 radical (unpaired) electrons. The van der Waals surface area contributed by atoms with Crippen LogP contribution in [-0.2, 0) is 25.2 Å². The summed E-state index contributed by atoms with van der Waals surface area (Å²) in [7, 11) is -1.39. The first-order chi connectivity index (χ1) is 14.1. The first-order valence-electron chi connectivity index (χ1n) is 9.86. The van der Waals surface area contributed by atoms with Crippen LogP contribution in [0.3, 0.4) is 0 Å². The van der Waals surface area contributed by atoms with Crippen molar-refractivity contribution in [3.8, 4) is 0 Å². The highest BCUT2D eigenvalue weighted by molar-refractivity contribution is 7.85. The number of para-hydroxylation sites is 2. The van der Waals surface area contributed by atoms with E-state index in [1.807, 2.05) is 0 Å². The molecule has 0 bridgehead atoms. The first-order valence-corrected chi connectivity index (χ1v) is 11.0. The summed E-state index contributed by atoms with van der Waals surface area (Å²) in [5.74, 6) is -1.39. The van der Waals surface area contributed by atoms with Crippen molar-refractivity contribution in [2.24, 2.45) is 11.8 Å². The van der Waals surface area contributed by atoms with Gasteiger partial charge in [0.05, 0.1) is 43.8 Å². The van der Waals surface area contributed by atoms with Crippen LogP contribution < -0.4 is 4.90 Å². The lowest BCUT2D eigenvalue weighted by molar-refractivity contribution is -0.143. The number of fused-ring (bicyclic) bond motifs is 3. The number of imide groups is 1. The number of benzene rings is 2. The van der Waals surface area contributed by atoms with Crippen LogP contribution in [0.25, 0.3) is 0 Å². The second kappa shape index (κ2) is 6.91. The van der Waals surface area contributed by atoms with Crippen molar-refractivity contribution in [1.82, 2.24) is 4.90 Å². The molecule has 2 aromatic rings. The highest BCUT2D eigenvalue weighted by Gasteiger charge is 2.49. The Morgan fingerprint density at radius 3 is 1.86 bits per heavy atom. The van der Waals surface area contributed by atoms with E-state index in [0.29, 0.717) is 34.0 Å². The Morgan fingerprint density at radius 2 is 1.34 bits per heavy atom. The minimum Gasteiger partial charge on any atom is -0.277 e. The molecule has 2 unspecified atom stereocenters. The third-order valence-electron chi connectivity index (χ3n) is 6.09. The average Bonchev–Trinajstić information content (AvgIpc) is 2.99. The van der Waals surface area contributed by atoms with Crippen LogP contribution in [0.2, 0.25) is 0 Å². The molecule has 1 aliphatic carbocycles. The van der Waals surface area contributed by atoms with Crippen molar-refractivity contribution in [3.63, 3.8) is 0 Å². The zero-order chi connectivity index (χ0) is 20.1. The molecule has 1 saturated carbocycles. The van der Waals surface area contributed by atoms with Crippen molar-refractivity contribution >= 4 is 39.9 Å². The Balaban J connectivity index is 1.51. The molecule has 2 aliphatic heterocycles. The number of likely N-dealkylation sites (tertiary alicyclic amines) is 1. The van der Waals surface area contributed by atoms with Crippen LogP contribution in [0.5, 0.6) is 0 Å². The van der Waals surface area contributed by atoms with Crippen molar-refractivity contribution in [3.05, 3.63) is 48.5 Å². The molecule has 3 amide bonds. The van der Waals surface area contributed by atoms with Crippen LogP contribution in [0.4, 0.5) is 11.4 Å². The molecule has 0 aromatic heterocycles. The molecule has 2 fully saturated rings. The molecule has 6 nitrogen and oxygen atoms in total. The number of amides is 3. The van der Waals surface area contributed by atoms with Gasteiger partial charge in [-0.1, -0.05) is 37.1 Å². The number of nitrogens with zero attached hydrogens (tertiary/aromatic N) is 2. The number of anilines is 2. The van der Waals surface area contributed by atoms with E-state index in [9.17, 15) is 18.6 Å². The minimum atomic E-state index is -1.39. The summed E-state index contributed by atoms with van der Waals surface area (Å²) in [6.07, 6.45) is 3.32. The zero-order valence-electron chi connectivity index (χ0n) is 15.7. The molecule has 2 atom stereocenters. The van der Waals surface area contributed by atoms with Crippen molar-refractivity contribution < 1.29 is 18.6 Å². The Hall–Kier alpha value is -2.80. The van der Waals surface area contributed by atoms with E-state index >= 15 is 0 Å². The standard InChI is InChI=1S/C22H20N2O4S/c25-20(13-23-21(26)14-7-1-2-8-15(14)22(23)27)24-16-9-3-5-11-18(16)29(28)19-12-6-4-10-17(19)24/h3-6,9-12,14-15H,1-2,7-8,13H2. The smallest absolute Gasteiger partial charge is 0.251 e. The van der Waals surface area contributed by atoms with Crippen LogP contribution >= 0.6 is 0 Å². The summed E-state index contributed by atoms with van der Waals surface area (Å²) >= 11 is 0. The topological polar surface area (TPSA) is 74.8 Å². The van der Waals surface area contributed by atoms with E-state index in [2.05, 4.69) is 0 Å².